The van der Waals surface area contributed by atoms with Crippen molar-refractivity contribution >= 4 is 20.2 Å². The van der Waals surface area contributed by atoms with E-state index in [0.717, 1.165) is 0 Å². The molecule has 5 nitrogen and oxygen atoms in total. The van der Waals surface area contributed by atoms with E-state index in [1.807, 2.05) is 18.2 Å². The number of carbonyl (C=O) groups excluding carboxylic acids is 2. The molecule has 0 unspecified atom stereocenters. The lowest BCUT2D eigenvalue weighted by atomic mass is 9.90. The second kappa shape index (κ2) is 8.21. The average molecular weight is 404 g/mol. The van der Waals surface area contributed by atoms with Crippen LogP contribution in [0.1, 0.15) is 44.0 Å². The van der Waals surface area contributed by atoms with Crippen molar-refractivity contribution in [1.29, 1.82) is 0 Å². The number of methoxy groups -OCH3 is 1. The van der Waals surface area contributed by atoms with Crippen LogP contribution in [0, 0.1) is 0 Å². The molecule has 1 aliphatic heterocycles. The first kappa shape index (κ1) is 22.4. The van der Waals surface area contributed by atoms with Crippen molar-refractivity contribution in [3.05, 3.63) is 48.6 Å². The van der Waals surface area contributed by atoms with E-state index < -0.39 is 19.8 Å². The molecule has 6 heteroatoms. The third-order valence-corrected chi connectivity index (χ3v) is 10.6. The third-order valence-electron chi connectivity index (χ3n) is 6.05. The van der Waals surface area contributed by atoms with E-state index >= 15 is 0 Å². The van der Waals surface area contributed by atoms with Gasteiger partial charge in [-0.3, -0.25) is 4.79 Å². The van der Waals surface area contributed by atoms with Crippen molar-refractivity contribution in [2.45, 2.75) is 63.4 Å². The fourth-order valence-electron chi connectivity index (χ4n) is 3.52. The number of esters is 1. The smallest absolute Gasteiger partial charge is 0.332 e. The minimum absolute atomic E-state index is 0.0379. The van der Waals surface area contributed by atoms with Crippen LogP contribution < -0.4 is 0 Å². The van der Waals surface area contributed by atoms with Crippen LogP contribution >= 0.6 is 0 Å². The summed E-state index contributed by atoms with van der Waals surface area (Å²) in [5, 5.41) is 0.0379. The van der Waals surface area contributed by atoms with Crippen LogP contribution in [0.15, 0.2) is 43.0 Å². The van der Waals surface area contributed by atoms with Crippen LogP contribution in [0.5, 0.6) is 0 Å². The number of carbonyl (C=O) groups is 2. The van der Waals surface area contributed by atoms with E-state index in [2.05, 4.69) is 40.4 Å². The number of likely N-dealkylation sites (tertiary alicyclic amines) is 1. The molecule has 1 aliphatic rings. The van der Waals surface area contributed by atoms with E-state index in [1.54, 1.807) is 23.1 Å². The normalized spacial score (nSPS) is 22.8. The van der Waals surface area contributed by atoms with Crippen LogP contribution in [0.4, 0.5) is 0 Å². The molecule has 28 heavy (non-hydrogen) atoms. The van der Waals surface area contributed by atoms with Gasteiger partial charge in [0.25, 0.3) is 5.91 Å². The van der Waals surface area contributed by atoms with Crippen molar-refractivity contribution in [3.8, 4) is 0 Å². The highest BCUT2D eigenvalue weighted by molar-refractivity contribution is 6.74. The zero-order valence-electron chi connectivity index (χ0n) is 18.0. The molecule has 154 valence electrons. The van der Waals surface area contributed by atoms with Crippen LogP contribution in [0.3, 0.4) is 0 Å². The maximum atomic E-state index is 13.3. The number of amides is 1. The van der Waals surface area contributed by atoms with E-state index in [9.17, 15) is 9.59 Å². The summed E-state index contributed by atoms with van der Waals surface area (Å²) in [7, 11) is -0.698. The lowest BCUT2D eigenvalue weighted by molar-refractivity contribution is -0.152. The highest BCUT2D eigenvalue weighted by atomic mass is 28.4. The van der Waals surface area contributed by atoms with E-state index in [1.165, 1.54) is 7.11 Å². The Morgan fingerprint density at radius 2 is 1.89 bits per heavy atom. The van der Waals surface area contributed by atoms with Gasteiger partial charge < -0.3 is 14.1 Å². The van der Waals surface area contributed by atoms with Gasteiger partial charge in [-0.25, -0.2) is 4.79 Å². The number of benzene rings is 1. The van der Waals surface area contributed by atoms with Gasteiger partial charge in [-0.1, -0.05) is 45.0 Å². The first-order valence-electron chi connectivity index (χ1n) is 9.72. The third kappa shape index (κ3) is 4.23. The predicted octanol–water partition coefficient (Wildman–Crippen LogP) is 4.41. The number of hydrogen-bond donors (Lipinski definition) is 0. The Bertz CT molecular complexity index is 726. The SMILES string of the molecule is C=CC[C@@]1(C(=O)OC)C[C@@H](O[Si](C)(C)C(C)(C)C)CN1C(=O)c1ccccc1. The van der Waals surface area contributed by atoms with Gasteiger partial charge in [-0.2, -0.15) is 0 Å². The van der Waals surface area contributed by atoms with Crippen molar-refractivity contribution in [2.24, 2.45) is 0 Å². The minimum Gasteiger partial charge on any atom is -0.467 e. The largest absolute Gasteiger partial charge is 0.467 e. The predicted molar refractivity (Wildman–Crippen MR) is 114 cm³/mol. The van der Waals surface area contributed by atoms with E-state index in [-0.39, 0.29) is 17.0 Å². The number of rotatable bonds is 6. The lowest BCUT2D eigenvalue weighted by Gasteiger charge is -2.38. The van der Waals surface area contributed by atoms with Gasteiger partial charge in [0.05, 0.1) is 13.2 Å². The molecule has 1 aromatic rings. The van der Waals surface area contributed by atoms with Gasteiger partial charge in [0.15, 0.2) is 8.32 Å². The van der Waals surface area contributed by atoms with Crippen molar-refractivity contribution < 1.29 is 18.8 Å². The molecule has 0 bridgehead atoms. The molecule has 0 N–H and O–H groups in total. The number of hydrogen-bond acceptors (Lipinski definition) is 4. The second-order valence-corrected chi connectivity index (χ2v) is 13.8. The Labute approximate surface area is 169 Å². The summed E-state index contributed by atoms with van der Waals surface area (Å²) in [4.78, 5) is 27.8. The minimum atomic E-state index is -2.06. The second-order valence-electron chi connectivity index (χ2n) is 9.00. The Kier molecular flexibility index (Phi) is 6.56. The highest BCUT2D eigenvalue weighted by Gasteiger charge is 2.55. The van der Waals surface area contributed by atoms with Crippen molar-refractivity contribution in [3.63, 3.8) is 0 Å². The summed E-state index contributed by atoms with van der Waals surface area (Å²) < 4.78 is 11.7. The number of nitrogens with zero attached hydrogens (tertiary/aromatic N) is 1. The average Bonchev–Trinajstić information content (AvgIpc) is 2.99. The highest BCUT2D eigenvalue weighted by Crippen LogP contribution is 2.42. The van der Waals surface area contributed by atoms with Crippen LogP contribution in [-0.4, -0.2) is 50.4 Å². The van der Waals surface area contributed by atoms with E-state index in [0.29, 0.717) is 24.9 Å². The van der Waals surface area contributed by atoms with Crippen molar-refractivity contribution in [2.75, 3.05) is 13.7 Å². The summed E-state index contributed by atoms with van der Waals surface area (Å²) in [6.07, 6.45) is 2.20. The first-order chi connectivity index (χ1) is 13.0. The van der Waals surface area contributed by atoms with Crippen LogP contribution in [-0.2, 0) is 14.0 Å². The van der Waals surface area contributed by atoms with Gasteiger partial charge in [0.2, 0.25) is 0 Å². The molecule has 1 amide bonds. The maximum absolute atomic E-state index is 13.3. The first-order valence-corrected chi connectivity index (χ1v) is 12.6. The Morgan fingerprint density at radius 1 is 1.29 bits per heavy atom. The molecule has 1 heterocycles. The quantitative estimate of drug-likeness (QED) is 0.401. The van der Waals surface area contributed by atoms with Crippen LogP contribution in [0.2, 0.25) is 18.1 Å². The summed E-state index contributed by atoms with van der Waals surface area (Å²) in [5.74, 6) is -0.604. The van der Waals surface area contributed by atoms with Crippen LogP contribution in [0.25, 0.3) is 0 Å². The van der Waals surface area contributed by atoms with Crippen molar-refractivity contribution in [1.82, 2.24) is 4.90 Å². The molecule has 0 aliphatic carbocycles. The molecule has 2 atom stereocenters. The molecule has 1 aromatic carbocycles. The zero-order chi connectivity index (χ0) is 21.2. The Balaban J connectivity index is 2.42. The Hall–Kier alpha value is -1.92. The van der Waals surface area contributed by atoms with E-state index in [4.69, 9.17) is 9.16 Å². The van der Waals surface area contributed by atoms with Gasteiger partial charge in [0.1, 0.15) is 5.54 Å². The molecule has 0 spiro atoms. The molecule has 0 aromatic heterocycles. The van der Waals surface area contributed by atoms with Gasteiger partial charge in [0, 0.05) is 18.5 Å². The maximum Gasteiger partial charge on any atom is 0.332 e. The summed E-state index contributed by atoms with van der Waals surface area (Å²) in [6, 6.07) is 9.03. The molecule has 1 fully saturated rings. The lowest BCUT2D eigenvalue weighted by Crippen LogP contribution is -2.53. The monoisotopic (exact) mass is 403 g/mol. The molecular weight excluding hydrogens is 370 g/mol. The fourth-order valence-corrected chi connectivity index (χ4v) is 4.86. The summed E-state index contributed by atoms with van der Waals surface area (Å²) in [6.45, 7) is 15.1. The van der Waals surface area contributed by atoms with Gasteiger partial charge in [-0.15, -0.1) is 6.58 Å². The fraction of sp³-hybridized carbons (Fsp3) is 0.545. The molecule has 2 rings (SSSR count). The van der Waals surface area contributed by atoms with Gasteiger partial charge in [-0.05, 0) is 36.7 Å². The molecule has 0 radical (unpaired) electrons. The topological polar surface area (TPSA) is 55.8 Å². The van der Waals surface area contributed by atoms with Gasteiger partial charge >= 0.3 is 5.97 Å². The molecular formula is C22H33NO4Si. The molecule has 0 saturated carbocycles. The standard InChI is InChI=1S/C22H33NO4Si/c1-8-14-22(20(25)26-5)15-18(27-28(6,7)21(2,3)4)16-23(22)19(24)17-12-10-9-11-13-17/h8-13,18H,1,14-16H2,2-7H3/t18-,22+/m1/s1. The zero-order valence-corrected chi connectivity index (χ0v) is 19.0. The summed E-state index contributed by atoms with van der Waals surface area (Å²) in [5.41, 5.74) is -0.538. The number of ether oxygens (including phenoxy) is 1. The molecule has 1 saturated heterocycles. The summed E-state index contributed by atoms with van der Waals surface area (Å²) >= 11 is 0. The Morgan fingerprint density at radius 3 is 2.39 bits per heavy atom.